The fourth-order valence-corrected chi connectivity index (χ4v) is 2.95. The molecule has 0 saturated heterocycles. The van der Waals surface area contributed by atoms with Crippen LogP contribution in [0.15, 0.2) is 47.5 Å². The van der Waals surface area contributed by atoms with Crippen LogP contribution >= 0.6 is 0 Å². The molecule has 3 heterocycles. The first-order valence-electron chi connectivity index (χ1n) is 9.36. The van der Waals surface area contributed by atoms with Crippen LogP contribution in [0.25, 0.3) is 11.1 Å². The molecule has 0 radical (unpaired) electrons. The number of nitrogens with zero attached hydrogens (tertiary/aromatic N) is 2. The van der Waals surface area contributed by atoms with Gasteiger partial charge < -0.3 is 15.6 Å². The lowest BCUT2D eigenvalue weighted by atomic mass is 10.0. The van der Waals surface area contributed by atoms with Crippen molar-refractivity contribution in [3.63, 3.8) is 0 Å². The molecule has 0 aromatic carbocycles. The minimum absolute atomic E-state index is 0.0494. The maximum Gasteiger partial charge on any atom is 0.433 e. The van der Waals surface area contributed by atoms with Crippen molar-refractivity contribution in [3.8, 4) is 11.1 Å². The van der Waals surface area contributed by atoms with E-state index in [4.69, 9.17) is 0 Å². The quantitative estimate of drug-likeness (QED) is 0.545. The maximum absolute atomic E-state index is 12.8. The molecule has 3 aromatic heterocycles. The predicted molar refractivity (Wildman–Crippen MR) is 111 cm³/mol. The van der Waals surface area contributed by atoms with E-state index in [0.717, 1.165) is 12.3 Å². The Morgan fingerprint density at radius 1 is 1.13 bits per heavy atom. The van der Waals surface area contributed by atoms with Gasteiger partial charge in [-0.05, 0) is 24.1 Å². The van der Waals surface area contributed by atoms with E-state index in [1.807, 2.05) is 13.8 Å². The van der Waals surface area contributed by atoms with Crippen LogP contribution in [0.3, 0.4) is 0 Å². The Morgan fingerprint density at radius 3 is 2.45 bits per heavy atom. The summed E-state index contributed by atoms with van der Waals surface area (Å²) in [5, 5.41) is 5.76. The Kier molecular flexibility index (Phi) is 6.09. The van der Waals surface area contributed by atoms with Gasteiger partial charge in [-0.2, -0.15) is 13.2 Å². The van der Waals surface area contributed by atoms with E-state index in [2.05, 4.69) is 25.6 Å². The van der Waals surface area contributed by atoms with Crippen molar-refractivity contribution in [2.45, 2.75) is 32.9 Å². The molecule has 0 fully saturated rings. The third kappa shape index (κ3) is 5.27. The van der Waals surface area contributed by atoms with Crippen LogP contribution in [0.2, 0.25) is 0 Å². The molecule has 162 valence electrons. The van der Waals surface area contributed by atoms with E-state index >= 15 is 0 Å². The normalized spacial score (nSPS) is 11.5. The van der Waals surface area contributed by atoms with Gasteiger partial charge in [0, 0.05) is 42.3 Å². The molecule has 3 aromatic rings. The van der Waals surface area contributed by atoms with Crippen LogP contribution in [0.5, 0.6) is 0 Å². The van der Waals surface area contributed by atoms with Gasteiger partial charge in [0.1, 0.15) is 11.5 Å². The van der Waals surface area contributed by atoms with Crippen molar-refractivity contribution < 1.29 is 18.0 Å². The highest BCUT2D eigenvalue weighted by atomic mass is 19.4. The van der Waals surface area contributed by atoms with Crippen LogP contribution in [0.4, 0.5) is 30.4 Å². The highest BCUT2D eigenvalue weighted by molar-refractivity contribution is 5.88. The van der Waals surface area contributed by atoms with Gasteiger partial charge in [0.15, 0.2) is 0 Å². The van der Waals surface area contributed by atoms with Crippen LogP contribution in [-0.2, 0) is 11.0 Å². The number of halogens is 3. The minimum atomic E-state index is -4.56. The highest BCUT2D eigenvalue weighted by Gasteiger charge is 2.32. The van der Waals surface area contributed by atoms with Gasteiger partial charge in [-0.1, -0.05) is 19.9 Å². The average molecular weight is 431 g/mol. The zero-order chi connectivity index (χ0) is 22.8. The van der Waals surface area contributed by atoms with Crippen molar-refractivity contribution >= 4 is 23.1 Å². The van der Waals surface area contributed by atoms with Gasteiger partial charge in [-0.25, -0.2) is 4.98 Å². The lowest BCUT2D eigenvalue weighted by Gasteiger charge is -2.16. The van der Waals surface area contributed by atoms with E-state index in [9.17, 15) is 22.8 Å². The number of H-pyrrole nitrogens is 1. The third-order valence-electron chi connectivity index (χ3n) is 4.36. The first kappa shape index (κ1) is 22.0. The molecular weight excluding hydrogens is 411 g/mol. The van der Waals surface area contributed by atoms with Gasteiger partial charge >= 0.3 is 6.18 Å². The molecule has 0 aliphatic heterocycles. The lowest BCUT2D eigenvalue weighted by molar-refractivity contribution is -0.141. The smallest absolute Gasteiger partial charge is 0.354 e. The van der Waals surface area contributed by atoms with E-state index < -0.39 is 17.4 Å². The molecule has 0 aliphatic rings. The topological polar surface area (TPSA) is 99.8 Å². The van der Waals surface area contributed by atoms with Crippen molar-refractivity contribution in [2.75, 3.05) is 10.6 Å². The summed E-state index contributed by atoms with van der Waals surface area (Å²) < 4.78 is 38.4. The summed E-state index contributed by atoms with van der Waals surface area (Å²) >= 11 is 0. The molecule has 1 amide bonds. The number of amides is 1. The largest absolute Gasteiger partial charge is 0.433 e. The molecule has 3 rings (SSSR count). The number of aromatic nitrogens is 3. The Balaban J connectivity index is 2.02. The van der Waals surface area contributed by atoms with E-state index in [1.165, 1.54) is 19.2 Å². The molecule has 0 aliphatic carbocycles. The molecule has 0 unspecified atom stereocenters. The fraction of sp³-hybridized carbons (Fsp3) is 0.238. The molecule has 0 saturated carbocycles. The summed E-state index contributed by atoms with van der Waals surface area (Å²) in [5.41, 5.74) is 0.724. The highest BCUT2D eigenvalue weighted by Crippen LogP contribution is 2.31. The Labute approximate surface area is 175 Å². The number of nitrogens with one attached hydrogen (secondary N) is 3. The molecule has 0 bridgehead atoms. The van der Waals surface area contributed by atoms with Crippen LogP contribution in [0.1, 0.15) is 38.1 Å². The number of pyridine rings is 3. The van der Waals surface area contributed by atoms with Crippen molar-refractivity contribution in [1.29, 1.82) is 0 Å². The molecule has 0 atom stereocenters. The number of carbonyl (C=O) groups is 1. The average Bonchev–Trinajstić information content (AvgIpc) is 2.68. The Hall–Kier alpha value is -3.69. The molecular formula is C21H20F3N5O2. The van der Waals surface area contributed by atoms with Gasteiger partial charge in [0.25, 0.3) is 5.56 Å². The lowest BCUT2D eigenvalue weighted by Crippen LogP contribution is -2.15. The van der Waals surface area contributed by atoms with Gasteiger partial charge in [0.2, 0.25) is 5.91 Å². The SMILES string of the molecule is CC(=O)Nc1cc(Nc2cc(-c3ccc(C(F)(F)F)nc3)c(=O)[nH]c2C(C)C)ccn1. The van der Waals surface area contributed by atoms with Gasteiger partial charge in [0.05, 0.1) is 11.3 Å². The first-order valence-corrected chi connectivity index (χ1v) is 9.36. The second-order valence-electron chi connectivity index (χ2n) is 7.16. The zero-order valence-electron chi connectivity index (χ0n) is 17.0. The van der Waals surface area contributed by atoms with Crippen molar-refractivity contribution in [3.05, 3.63) is 64.5 Å². The summed E-state index contributed by atoms with van der Waals surface area (Å²) in [5.74, 6) is 0.0282. The monoisotopic (exact) mass is 431 g/mol. The van der Waals surface area contributed by atoms with Crippen molar-refractivity contribution in [1.82, 2.24) is 15.0 Å². The van der Waals surface area contributed by atoms with E-state index in [1.54, 1.807) is 18.2 Å². The summed E-state index contributed by atoms with van der Waals surface area (Å²) in [6.45, 7) is 5.15. The predicted octanol–water partition coefficient (Wildman–Crippen LogP) is 4.68. The summed E-state index contributed by atoms with van der Waals surface area (Å²) in [6, 6.07) is 6.91. The van der Waals surface area contributed by atoms with Gasteiger partial charge in [-0.15, -0.1) is 0 Å². The zero-order valence-corrected chi connectivity index (χ0v) is 17.0. The fourth-order valence-electron chi connectivity index (χ4n) is 2.95. The van der Waals surface area contributed by atoms with Crippen LogP contribution < -0.4 is 16.2 Å². The van der Waals surface area contributed by atoms with Crippen LogP contribution in [-0.4, -0.2) is 20.9 Å². The summed E-state index contributed by atoms with van der Waals surface area (Å²) in [4.78, 5) is 34.2. The first-order chi connectivity index (χ1) is 14.5. The number of anilines is 3. The second-order valence-corrected chi connectivity index (χ2v) is 7.16. The number of hydrogen-bond acceptors (Lipinski definition) is 5. The number of rotatable bonds is 5. The molecule has 7 nitrogen and oxygen atoms in total. The Morgan fingerprint density at radius 2 is 1.87 bits per heavy atom. The molecule has 31 heavy (non-hydrogen) atoms. The standard InChI is InChI=1S/C21H20F3N5O2/c1-11(2)19-16(28-14-6-7-25-18(8-14)27-12(3)30)9-15(20(31)29-19)13-4-5-17(26-10-13)21(22,23)24/h4-11H,1-3H3,(H,29,31)(H2,25,27,28,30). The number of alkyl halides is 3. The van der Waals surface area contributed by atoms with Gasteiger partial charge in [-0.3, -0.25) is 14.6 Å². The summed E-state index contributed by atoms with van der Waals surface area (Å²) in [6.07, 6.45) is -2.03. The van der Waals surface area contributed by atoms with E-state index in [-0.39, 0.29) is 23.0 Å². The Bertz CT molecular complexity index is 1150. The third-order valence-corrected chi connectivity index (χ3v) is 4.36. The van der Waals surface area contributed by atoms with Crippen LogP contribution in [0, 0.1) is 0 Å². The summed E-state index contributed by atoms with van der Waals surface area (Å²) in [7, 11) is 0. The maximum atomic E-state index is 12.8. The van der Waals surface area contributed by atoms with E-state index in [0.29, 0.717) is 22.9 Å². The molecule has 0 spiro atoms. The number of hydrogen-bond donors (Lipinski definition) is 3. The number of aromatic amines is 1. The second kappa shape index (κ2) is 8.58. The number of carbonyl (C=O) groups excluding carboxylic acids is 1. The molecule has 3 N–H and O–H groups in total. The molecule has 10 heteroatoms. The minimum Gasteiger partial charge on any atom is -0.354 e. The van der Waals surface area contributed by atoms with Crippen molar-refractivity contribution in [2.24, 2.45) is 0 Å².